The maximum absolute atomic E-state index is 12.6. The van der Waals surface area contributed by atoms with Gasteiger partial charge in [0.15, 0.2) is 0 Å². The first-order valence-electron chi connectivity index (χ1n) is 7.03. The molecule has 4 nitrogen and oxygen atoms in total. The fourth-order valence-electron chi connectivity index (χ4n) is 3.09. The summed E-state index contributed by atoms with van der Waals surface area (Å²) in [6, 6.07) is 7.26. The van der Waals surface area contributed by atoms with E-state index in [0.717, 1.165) is 17.7 Å². The summed E-state index contributed by atoms with van der Waals surface area (Å²) in [5.74, 6) is -0.0372. The number of carbonyl (C=O) groups excluding carboxylic acids is 1. The second-order valence-electron chi connectivity index (χ2n) is 5.50. The van der Waals surface area contributed by atoms with Crippen molar-refractivity contribution in [2.24, 2.45) is 12.0 Å². The molecule has 1 aromatic carbocycles. The lowest BCUT2D eigenvalue weighted by Crippen LogP contribution is -2.13. The van der Waals surface area contributed by atoms with E-state index in [1.807, 2.05) is 37.4 Å². The second-order valence-corrected chi connectivity index (χ2v) is 6.68. The minimum atomic E-state index is -0.131. The Morgan fingerprint density at radius 1 is 1.36 bits per heavy atom. The van der Waals surface area contributed by atoms with E-state index >= 15 is 0 Å². The second kappa shape index (κ2) is 4.68. The van der Waals surface area contributed by atoms with Gasteiger partial charge in [0, 0.05) is 35.1 Å². The molecule has 0 fully saturated rings. The average molecular weight is 357 g/mol. The van der Waals surface area contributed by atoms with Crippen LogP contribution in [0.2, 0.25) is 0 Å². The number of aromatic hydroxyl groups is 1. The van der Waals surface area contributed by atoms with E-state index < -0.39 is 0 Å². The van der Waals surface area contributed by atoms with Gasteiger partial charge in [0.2, 0.25) is 11.7 Å². The molecule has 1 atom stereocenters. The lowest BCUT2D eigenvalue weighted by molar-refractivity contribution is 0.107. The smallest absolute Gasteiger partial charge is 0.214 e. The number of aromatic nitrogens is 1. The summed E-state index contributed by atoms with van der Waals surface area (Å²) < 4.78 is 1.74. The summed E-state index contributed by atoms with van der Waals surface area (Å²) in [4.78, 5) is 17.3. The highest BCUT2D eigenvalue weighted by Crippen LogP contribution is 2.38. The van der Waals surface area contributed by atoms with Gasteiger partial charge in [-0.3, -0.25) is 4.79 Å². The molecule has 2 heterocycles. The molecule has 4 rings (SSSR count). The lowest BCUT2D eigenvalue weighted by Gasteiger charge is -2.13. The van der Waals surface area contributed by atoms with Crippen molar-refractivity contribution in [3.8, 4) is 5.88 Å². The number of carbonyl (C=O) groups is 1. The summed E-state index contributed by atoms with van der Waals surface area (Å²) in [6.45, 7) is 0. The van der Waals surface area contributed by atoms with Crippen LogP contribution in [0.5, 0.6) is 5.88 Å². The van der Waals surface area contributed by atoms with Crippen LogP contribution in [0.3, 0.4) is 0 Å². The van der Waals surface area contributed by atoms with Crippen molar-refractivity contribution >= 4 is 39.2 Å². The van der Waals surface area contributed by atoms with Gasteiger partial charge in [-0.25, -0.2) is 4.99 Å². The molecule has 0 saturated carbocycles. The van der Waals surface area contributed by atoms with Crippen LogP contribution in [0.4, 0.5) is 5.69 Å². The highest BCUT2D eigenvalue weighted by molar-refractivity contribution is 9.09. The minimum absolute atomic E-state index is 0.0937. The number of fused-ring (bicyclic) bond motifs is 2. The van der Waals surface area contributed by atoms with Crippen molar-refractivity contribution in [3.05, 3.63) is 52.7 Å². The summed E-state index contributed by atoms with van der Waals surface area (Å²) in [6.07, 6.45) is 4.74. The van der Waals surface area contributed by atoms with E-state index in [-0.39, 0.29) is 16.5 Å². The van der Waals surface area contributed by atoms with Gasteiger partial charge >= 0.3 is 0 Å². The van der Waals surface area contributed by atoms with Crippen molar-refractivity contribution in [3.63, 3.8) is 0 Å². The zero-order chi connectivity index (χ0) is 15.4. The van der Waals surface area contributed by atoms with Crippen molar-refractivity contribution < 1.29 is 9.90 Å². The van der Waals surface area contributed by atoms with Crippen LogP contribution in [0.15, 0.2) is 35.3 Å². The van der Waals surface area contributed by atoms with E-state index in [9.17, 15) is 9.90 Å². The summed E-state index contributed by atoms with van der Waals surface area (Å²) in [5.41, 5.74) is 4.01. The number of hydrogen-bond donors (Lipinski definition) is 1. The van der Waals surface area contributed by atoms with Gasteiger partial charge in [0.25, 0.3) is 0 Å². The monoisotopic (exact) mass is 356 g/mol. The van der Waals surface area contributed by atoms with Crippen molar-refractivity contribution in [1.29, 1.82) is 0 Å². The minimum Gasteiger partial charge on any atom is -0.494 e. The van der Waals surface area contributed by atoms with Gasteiger partial charge in [-0.05, 0) is 12.1 Å². The SMILES string of the molecule is Cn1c(O)c(C2=Nc3ccccc3C2=O)c2c1CC(Br)C=C2. The normalized spacial score (nSPS) is 19.1. The highest BCUT2D eigenvalue weighted by atomic mass is 79.9. The van der Waals surface area contributed by atoms with E-state index in [1.165, 1.54) is 0 Å². The Hall–Kier alpha value is -2.14. The number of allylic oxidation sites excluding steroid dienone is 1. The molecule has 1 aliphatic heterocycles. The number of nitrogens with zero attached hydrogens (tertiary/aromatic N) is 2. The van der Waals surface area contributed by atoms with Crippen molar-refractivity contribution in [2.45, 2.75) is 11.2 Å². The van der Waals surface area contributed by atoms with Crippen LogP contribution in [-0.4, -0.2) is 26.0 Å². The van der Waals surface area contributed by atoms with Gasteiger partial charge in [0.05, 0.1) is 11.3 Å². The van der Waals surface area contributed by atoms with E-state index in [2.05, 4.69) is 20.9 Å². The number of alkyl halides is 1. The number of aliphatic imine (C=N–C) groups is 1. The van der Waals surface area contributed by atoms with Crippen LogP contribution in [-0.2, 0) is 13.5 Å². The Balaban J connectivity index is 1.93. The zero-order valence-electron chi connectivity index (χ0n) is 11.9. The van der Waals surface area contributed by atoms with Crippen LogP contribution >= 0.6 is 15.9 Å². The third kappa shape index (κ3) is 1.75. The number of hydrogen-bond acceptors (Lipinski definition) is 3. The maximum atomic E-state index is 12.6. The standard InChI is InChI=1S/C17H13BrN2O2/c1-20-13-8-9(18)6-7-11(13)14(17(20)22)15-16(21)10-4-2-3-5-12(10)19-15/h2-7,9,22H,8H2,1H3. The Morgan fingerprint density at radius 3 is 2.91 bits per heavy atom. The Kier molecular flexibility index (Phi) is 2.87. The molecule has 0 spiro atoms. The van der Waals surface area contributed by atoms with E-state index in [4.69, 9.17) is 0 Å². The predicted octanol–water partition coefficient (Wildman–Crippen LogP) is 3.38. The Bertz CT molecular complexity index is 877. The highest BCUT2D eigenvalue weighted by Gasteiger charge is 2.33. The molecule has 2 aromatic rings. The molecule has 0 radical (unpaired) electrons. The number of Topliss-reactive ketones (excluding diaryl/α,β-unsaturated/α-hetero) is 1. The fourth-order valence-corrected chi connectivity index (χ4v) is 3.54. The summed E-state index contributed by atoms with van der Waals surface area (Å²) in [7, 11) is 1.81. The maximum Gasteiger partial charge on any atom is 0.214 e. The van der Waals surface area contributed by atoms with Crippen molar-refractivity contribution in [2.75, 3.05) is 0 Å². The number of ketones is 1. The third-order valence-corrected chi connectivity index (χ3v) is 4.85. The zero-order valence-corrected chi connectivity index (χ0v) is 13.5. The molecule has 5 heteroatoms. The topological polar surface area (TPSA) is 54.6 Å². The quantitative estimate of drug-likeness (QED) is 0.796. The molecule has 1 N–H and O–H groups in total. The predicted molar refractivity (Wildman–Crippen MR) is 89.5 cm³/mol. The summed E-state index contributed by atoms with van der Waals surface area (Å²) >= 11 is 3.57. The van der Waals surface area contributed by atoms with Crippen LogP contribution in [0, 0.1) is 0 Å². The summed E-state index contributed by atoms with van der Waals surface area (Å²) in [5, 5.41) is 10.5. The molecular formula is C17H13BrN2O2. The Labute approximate surface area is 135 Å². The fraction of sp³-hybridized carbons (Fsp3) is 0.176. The van der Waals surface area contributed by atoms with Crippen LogP contribution in [0.1, 0.15) is 27.2 Å². The molecule has 1 unspecified atom stereocenters. The molecule has 1 aromatic heterocycles. The molecule has 0 bridgehead atoms. The van der Waals surface area contributed by atoms with Crippen molar-refractivity contribution in [1.82, 2.24) is 4.57 Å². The molecule has 2 aliphatic rings. The molecule has 0 amide bonds. The first kappa shape index (κ1) is 13.5. The molecule has 110 valence electrons. The van der Waals surface area contributed by atoms with Crippen LogP contribution in [0.25, 0.3) is 6.08 Å². The molecule has 22 heavy (non-hydrogen) atoms. The number of para-hydroxylation sites is 1. The third-order valence-electron chi connectivity index (χ3n) is 4.22. The number of benzene rings is 1. The Morgan fingerprint density at radius 2 is 2.14 bits per heavy atom. The molecule has 0 saturated heterocycles. The van der Waals surface area contributed by atoms with Gasteiger partial charge in [-0.15, -0.1) is 0 Å². The van der Waals surface area contributed by atoms with Gasteiger partial charge in [-0.2, -0.15) is 0 Å². The van der Waals surface area contributed by atoms with E-state index in [0.29, 0.717) is 22.5 Å². The number of halogens is 1. The van der Waals surface area contributed by atoms with Gasteiger partial charge < -0.3 is 9.67 Å². The van der Waals surface area contributed by atoms with E-state index in [1.54, 1.807) is 10.6 Å². The average Bonchev–Trinajstić information content (AvgIpc) is 2.96. The van der Waals surface area contributed by atoms with Gasteiger partial charge in [0.1, 0.15) is 5.71 Å². The largest absolute Gasteiger partial charge is 0.494 e. The van der Waals surface area contributed by atoms with Crippen LogP contribution < -0.4 is 0 Å². The molecule has 1 aliphatic carbocycles. The van der Waals surface area contributed by atoms with Gasteiger partial charge in [-0.1, -0.05) is 40.2 Å². The number of rotatable bonds is 1. The first-order valence-corrected chi connectivity index (χ1v) is 7.95. The lowest BCUT2D eigenvalue weighted by atomic mass is 9.96. The molecular weight excluding hydrogens is 344 g/mol. The first-order chi connectivity index (χ1) is 10.6.